The lowest BCUT2D eigenvalue weighted by Crippen LogP contribution is -2.50. The van der Waals surface area contributed by atoms with Crippen molar-refractivity contribution in [1.82, 2.24) is 31.2 Å². The molecule has 2 aromatic heterocycles. The van der Waals surface area contributed by atoms with Gasteiger partial charge in [-0.1, -0.05) is 105 Å². The van der Waals surface area contributed by atoms with Crippen LogP contribution in [0.25, 0.3) is 11.1 Å². The van der Waals surface area contributed by atoms with Crippen LogP contribution in [-0.4, -0.2) is 76.9 Å². The standard InChI is InChI=1S/C64H87N7O6/c1-13-64(12,77-25-24-63(10,11)70-56(72)22-23-57(73)71-37-45-18-14-15-19-53(45)58-43(8)28-44(9)59(58)54-20-16-17-21-55(54)71)38-67-62(76)48-35-65-60(74)46-31-49(26-39(2)3)68-51(33-46)29-41(6)42(7)30-52-34-47(61(75)66-36-48)32-50(69-52)27-40(4)5/h14-21,31-34,39-44,48H,13,22-30,35-38H2,1-12H3,(H,65,74)(H,66,75)(H,67,76)(H,70,72). The van der Waals surface area contributed by atoms with E-state index in [-0.39, 0.29) is 80.5 Å². The first-order chi connectivity index (χ1) is 36.5. The number of carbonyl (C=O) groups excluding carboxylic acids is 5. The van der Waals surface area contributed by atoms with E-state index in [0.29, 0.717) is 67.0 Å². The van der Waals surface area contributed by atoms with Gasteiger partial charge in [-0.05, 0) is 154 Å². The summed E-state index contributed by atoms with van der Waals surface area (Å²) >= 11 is 0. The summed E-state index contributed by atoms with van der Waals surface area (Å²) in [5.74, 6) is -0.208. The van der Waals surface area contributed by atoms with Gasteiger partial charge in [0.2, 0.25) is 17.7 Å². The van der Waals surface area contributed by atoms with Gasteiger partial charge < -0.3 is 30.9 Å². The second kappa shape index (κ2) is 25.5. The molecular weight excluding hydrogens is 963 g/mol. The van der Waals surface area contributed by atoms with Crippen molar-refractivity contribution in [3.05, 3.63) is 123 Å². The Morgan fingerprint density at radius 2 is 1.27 bits per heavy atom. The molecule has 13 nitrogen and oxygen atoms in total. The monoisotopic (exact) mass is 1050 g/mol. The van der Waals surface area contributed by atoms with E-state index in [4.69, 9.17) is 14.7 Å². The first-order valence-corrected chi connectivity index (χ1v) is 28.5. The van der Waals surface area contributed by atoms with Crippen molar-refractivity contribution in [3.63, 3.8) is 0 Å². The molecular formula is C64H87N7O6. The number of para-hydroxylation sites is 1. The Morgan fingerprint density at radius 3 is 1.83 bits per heavy atom. The number of fused-ring (bicyclic) bond motifs is 8. The maximum absolute atomic E-state index is 14.3. The minimum atomic E-state index is -0.812. The molecule has 0 saturated carbocycles. The van der Waals surface area contributed by atoms with Crippen LogP contribution in [-0.2, 0) is 51.3 Å². The smallest absolute Gasteiger partial charge is 0.251 e. The maximum Gasteiger partial charge on any atom is 0.251 e. The zero-order valence-electron chi connectivity index (χ0n) is 48.2. The van der Waals surface area contributed by atoms with Crippen LogP contribution in [0, 0.1) is 41.4 Å². The van der Waals surface area contributed by atoms with Gasteiger partial charge in [-0.25, -0.2) is 0 Å². The molecule has 2 aromatic carbocycles. The quantitative estimate of drug-likeness (QED) is 0.0859. The number of allylic oxidation sites excluding steroid dienone is 2. The van der Waals surface area contributed by atoms with Gasteiger partial charge in [-0.2, -0.15) is 0 Å². The van der Waals surface area contributed by atoms with Crippen molar-refractivity contribution in [3.8, 4) is 0 Å². The van der Waals surface area contributed by atoms with Crippen molar-refractivity contribution in [1.29, 1.82) is 0 Å². The molecule has 0 fully saturated rings. The number of benzene rings is 2. The lowest BCUT2D eigenvalue weighted by molar-refractivity contribution is -0.127. The summed E-state index contributed by atoms with van der Waals surface area (Å²) in [7, 11) is 0. The van der Waals surface area contributed by atoms with Crippen molar-refractivity contribution in [2.24, 2.45) is 41.4 Å². The summed E-state index contributed by atoms with van der Waals surface area (Å²) in [5, 5.41) is 12.3. The Labute approximate surface area is 459 Å². The van der Waals surface area contributed by atoms with E-state index in [1.54, 1.807) is 0 Å². The summed E-state index contributed by atoms with van der Waals surface area (Å²) in [6.07, 6.45) is 5.00. The number of pyridine rings is 2. The SMILES string of the molecule is CCC(C)(CNC(=O)C1CNC(=O)c2cc(CC(C)C)nc(c2)CC(C)C(C)Cc2cc(cc(CC(C)C)n2)C(=O)NC1)OCCC(C)(C)NC(=O)CCC(=O)N1Cc2ccccc2C2=C(c3ccccc31)C(C)CC2C. The van der Waals surface area contributed by atoms with Gasteiger partial charge in [0, 0.05) is 84.1 Å². The van der Waals surface area contributed by atoms with Crippen LogP contribution in [0.2, 0.25) is 0 Å². The summed E-state index contributed by atoms with van der Waals surface area (Å²) in [5.41, 5.74) is 9.95. The highest BCUT2D eigenvalue weighted by atomic mass is 16.5. The molecule has 4 bridgehead atoms. The number of aromatic nitrogens is 2. The van der Waals surface area contributed by atoms with E-state index in [9.17, 15) is 24.0 Å². The number of nitrogens with one attached hydrogen (secondary N) is 4. The Kier molecular flexibility index (Phi) is 19.4. The first kappa shape index (κ1) is 58.5. The number of amides is 5. The number of nitrogens with zero attached hydrogens (tertiary/aromatic N) is 3. The molecule has 2 aliphatic heterocycles. The second-order valence-corrected chi connectivity index (χ2v) is 24.4. The first-order valence-electron chi connectivity index (χ1n) is 28.5. The van der Waals surface area contributed by atoms with Crippen molar-refractivity contribution in [2.45, 2.75) is 159 Å². The highest BCUT2D eigenvalue weighted by Gasteiger charge is 2.36. The fourth-order valence-corrected chi connectivity index (χ4v) is 11.3. The molecule has 5 amide bonds. The molecule has 4 heterocycles. The Balaban J connectivity index is 0.981. The van der Waals surface area contributed by atoms with Crippen LogP contribution < -0.4 is 26.2 Å². The molecule has 3 aliphatic rings. The van der Waals surface area contributed by atoms with Crippen LogP contribution in [0.1, 0.15) is 175 Å². The number of ether oxygens (including phenoxy) is 1. The largest absolute Gasteiger partial charge is 0.373 e. The number of hydrogen-bond acceptors (Lipinski definition) is 8. The third kappa shape index (κ3) is 15.3. The van der Waals surface area contributed by atoms with E-state index in [2.05, 4.69) is 101 Å². The zero-order valence-corrected chi connectivity index (χ0v) is 48.2. The van der Waals surface area contributed by atoms with Gasteiger partial charge in [0.15, 0.2) is 0 Å². The summed E-state index contributed by atoms with van der Waals surface area (Å²) in [6.45, 7) is 26.2. The van der Waals surface area contributed by atoms with E-state index < -0.39 is 17.1 Å². The predicted octanol–water partition coefficient (Wildman–Crippen LogP) is 10.5. The lowest BCUT2D eigenvalue weighted by Gasteiger charge is -2.33. The molecule has 7 rings (SSSR count). The molecule has 1 aliphatic carbocycles. The number of hydrogen-bond donors (Lipinski definition) is 4. The van der Waals surface area contributed by atoms with E-state index in [1.165, 1.54) is 16.7 Å². The Bertz CT molecular complexity index is 2730. The zero-order chi connectivity index (χ0) is 55.8. The molecule has 77 heavy (non-hydrogen) atoms. The molecule has 0 radical (unpaired) electrons. The van der Waals surface area contributed by atoms with Gasteiger partial charge in [0.1, 0.15) is 0 Å². The fourth-order valence-electron chi connectivity index (χ4n) is 11.3. The highest BCUT2D eigenvalue weighted by molar-refractivity contribution is 6.04. The third-order valence-corrected chi connectivity index (χ3v) is 16.1. The van der Waals surface area contributed by atoms with Gasteiger partial charge in [0.05, 0.1) is 23.8 Å². The minimum Gasteiger partial charge on any atom is -0.373 e. The molecule has 4 N–H and O–H groups in total. The van der Waals surface area contributed by atoms with Crippen LogP contribution in [0.15, 0.2) is 72.8 Å². The van der Waals surface area contributed by atoms with Gasteiger partial charge in [-0.15, -0.1) is 0 Å². The summed E-state index contributed by atoms with van der Waals surface area (Å²) in [4.78, 5) is 81.9. The minimum absolute atomic E-state index is 0.0179. The fraction of sp³-hybridized carbons (Fsp3) is 0.547. The number of rotatable bonds is 16. The third-order valence-electron chi connectivity index (χ3n) is 16.1. The highest BCUT2D eigenvalue weighted by Crippen LogP contribution is 2.51. The average Bonchev–Trinajstić information content (AvgIpc) is 3.71. The summed E-state index contributed by atoms with van der Waals surface area (Å²) < 4.78 is 6.50. The van der Waals surface area contributed by atoms with Crippen LogP contribution in [0.3, 0.4) is 0 Å². The Morgan fingerprint density at radius 1 is 0.740 bits per heavy atom. The molecule has 5 unspecified atom stereocenters. The van der Waals surface area contributed by atoms with Gasteiger partial charge >= 0.3 is 0 Å². The van der Waals surface area contributed by atoms with E-state index in [1.807, 2.05) is 81.1 Å². The Hall–Kier alpha value is -6.21. The summed E-state index contributed by atoms with van der Waals surface area (Å²) in [6, 6.07) is 24.0. The average molecular weight is 1050 g/mol. The van der Waals surface area contributed by atoms with Crippen LogP contribution >= 0.6 is 0 Å². The van der Waals surface area contributed by atoms with Crippen molar-refractivity contribution in [2.75, 3.05) is 31.1 Å². The second-order valence-electron chi connectivity index (χ2n) is 24.4. The van der Waals surface area contributed by atoms with E-state index >= 15 is 0 Å². The normalized spacial score (nSPS) is 20.9. The van der Waals surface area contributed by atoms with Crippen LogP contribution in [0.5, 0.6) is 0 Å². The van der Waals surface area contributed by atoms with Gasteiger partial charge in [-0.3, -0.25) is 33.9 Å². The molecule has 5 atom stereocenters. The maximum atomic E-state index is 14.3. The van der Waals surface area contributed by atoms with Crippen LogP contribution in [0.4, 0.5) is 5.69 Å². The predicted molar refractivity (Wildman–Crippen MR) is 307 cm³/mol. The molecule has 0 saturated heterocycles. The molecule has 414 valence electrons. The lowest BCUT2D eigenvalue weighted by atomic mass is 9.86. The molecule has 13 heteroatoms. The molecule has 4 aromatic rings. The van der Waals surface area contributed by atoms with Crippen molar-refractivity contribution < 1.29 is 28.7 Å². The molecule has 0 spiro atoms. The number of carbonyl (C=O) groups is 5. The van der Waals surface area contributed by atoms with Gasteiger partial charge in [0.25, 0.3) is 11.8 Å². The topological polar surface area (TPSA) is 172 Å². The van der Waals surface area contributed by atoms with Crippen molar-refractivity contribution >= 4 is 46.4 Å². The van der Waals surface area contributed by atoms with E-state index in [0.717, 1.165) is 58.9 Å². The number of anilines is 1.